The van der Waals surface area contributed by atoms with E-state index in [1.807, 2.05) is 5.92 Å². The second kappa shape index (κ2) is 1.49. The predicted octanol–water partition coefficient (Wildman–Crippen LogP) is 2.40. The fraction of sp³-hybridized carbons (Fsp3) is 0.875. The number of rotatable bonds is 1. The highest BCUT2D eigenvalue weighted by Crippen LogP contribution is 2.58. The highest BCUT2D eigenvalue weighted by Gasteiger charge is 2.47. The van der Waals surface area contributed by atoms with Crippen LogP contribution in [0, 0.1) is 17.8 Å². The van der Waals surface area contributed by atoms with Gasteiger partial charge in [-0.1, -0.05) is 13.3 Å². The molecule has 2 saturated carbocycles. The molecule has 0 N–H and O–H groups in total. The summed E-state index contributed by atoms with van der Waals surface area (Å²) < 4.78 is 0. The number of fused-ring (bicyclic) bond motifs is 1. The summed E-state index contributed by atoms with van der Waals surface area (Å²) in [5.74, 6) is 4.08. The average Bonchev–Trinajstić information content (AvgIpc) is 2.46. The lowest BCUT2D eigenvalue weighted by Gasteiger charge is -2.04. The van der Waals surface area contributed by atoms with Crippen molar-refractivity contribution < 1.29 is 0 Å². The second-order valence-electron chi connectivity index (χ2n) is 3.16. The van der Waals surface area contributed by atoms with E-state index in [4.69, 9.17) is 0 Å². The van der Waals surface area contributed by atoms with Crippen LogP contribution in [0.2, 0.25) is 0 Å². The number of hydrogen-bond acceptors (Lipinski definition) is 0. The summed E-state index contributed by atoms with van der Waals surface area (Å²) in [7, 11) is 0. The summed E-state index contributed by atoms with van der Waals surface area (Å²) in [6.45, 7) is 2.32. The van der Waals surface area contributed by atoms with Gasteiger partial charge in [-0.15, -0.1) is 0 Å². The Labute approximate surface area is 51.3 Å². The van der Waals surface area contributed by atoms with Gasteiger partial charge in [0.2, 0.25) is 0 Å². The van der Waals surface area contributed by atoms with Crippen molar-refractivity contribution in [2.45, 2.75) is 32.6 Å². The van der Waals surface area contributed by atoms with E-state index in [0.29, 0.717) is 0 Å². The molecule has 0 aromatic rings. The SMILES string of the molecule is CCC1CCC2C[C]12. The molecule has 0 nitrogen and oxygen atoms in total. The molecule has 0 bridgehead atoms. The molecule has 0 aliphatic heterocycles. The molecular weight excluding hydrogens is 96.1 g/mol. The van der Waals surface area contributed by atoms with Crippen molar-refractivity contribution in [3.63, 3.8) is 0 Å². The van der Waals surface area contributed by atoms with Crippen LogP contribution in [-0.4, -0.2) is 0 Å². The average molecular weight is 109 g/mol. The van der Waals surface area contributed by atoms with E-state index in [0.717, 1.165) is 11.8 Å². The highest BCUT2D eigenvalue weighted by atomic mass is 14.5. The van der Waals surface area contributed by atoms with E-state index in [1.165, 1.54) is 25.7 Å². The fourth-order valence-electron chi connectivity index (χ4n) is 2.07. The third-order valence-corrected chi connectivity index (χ3v) is 2.73. The van der Waals surface area contributed by atoms with Crippen LogP contribution in [0.4, 0.5) is 0 Å². The first-order valence-corrected chi connectivity index (χ1v) is 3.77. The van der Waals surface area contributed by atoms with Crippen LogP contribution in [-0.2, 0) is 0 Å². The number of hydrogen-bond donors (Lipinski definition) is 0. The third kappa shape index (κ3) is 0.519. The van der Waals surface area contributed by atoms with Gasteiger partial charge in [0.05, 0.1) is 0 Å². The smallest absolute Gasteiger partial charge is 0.0176 e. The molecular formula is C8H13. The lowest BCUT2D eigenvalue weighted by Crippen LogP contribution is -1.92. The van der Waals surface area contributed by atoms with Gasteiger partial charge in [-0.05, 0) is 37.0 Å². The summed E-state index contributed by atoms with van der Waals surface area (Å²) in [6, 6.07) is 0. The Morgan fingerprint density at radius 3 is 2.62 bits per heavy atom. The molecule has 0 heterocycles. The van der Waals surface area contributed by atoms with Crippen molar-refractivity contribution >= 4 is 0 Å². The van der Waals surface area contributed by atoms with Gasteiger partial charge in [0.1, 0.15) is 0 Å². The Kier molecular flexibility index (Phi) is 0.902. The molecule has 1 radical (unpaired) electrons. The summed E-state index contributed by atoms with van der Waals surface area (Å²) in [5.41, 5.74) is 0. The lowest BCUT2D eigenvalue weighted by atomic mass is 10.0. The quantitative estimate of drug-likeness (QED) is 0.485. The largest absolute Gasteiger partial charge is 0.0651 e. The van der Waals surface area contributed by atoms with Crippen LogP contribution in [0.3, 0.4) is 0 Å². The van der Waals surface area contributed by atoms with Crippen LogP contribution in [0.25, 0.3) is 0 Å². The monoisotopic (exact) mass is 109 g/mol. The summed E-state index contributed by atoms with van der Waals surface area (Å²) in [4.78, 5) is 0. The first-order chi connectivity index (χ1) is 3.92. The summed E-state index contributed by atoms with van der Waals surface area (Å²) >= 11 is 0. The molecule has 2 unspecified atom stereocenters. The predicted molar refractivity (Wildman–Crippen MR) is 34.4 cm³/mol. The van der Waals surface area contributed by atoms with Crippen LogP contribution in [0.15, 0.2) is 0 Å². The molecule has 0 aromatic carbocycles. The first-order valence-electron chi connectivity index (χ1n) is 3.77. The molecule has 2 aliphatic carbocycles. The van der Waals surface area contributed by atoms with Crippen LogP contribution >= 0.6 is 0 Å². The standard InChI is InChI=1S/C8H13/c1-2-6-3-4-7-5-8(6)7/h6-7H,2-5H2,1H3. The van der Waals surface area contributed by atoms with Crippen molar-refractivity contribution in [2.75, 3.05) is 0 Å². The molecule has 0 saturated heterocycles. The molecule has 0 aromatic heterocycles. The maximum absolute atomic E-state index is 2.32. The minimum Gasteiger partial charge on any atom is -0.0651 e. The molecule has 8 heavy (non-hydrogen) atoms. The first kappa shape index (κ1) is 4.84. The second-order valence-corrected chi connectivity index (χ2v) is 3.16. The third-order valence-electron chi connectivity index (χ3n) is 2.73. The molecule has 2 aliphatic rings. The minimum absolute atomic E-state index is 1.06. The maximum Gasteiger partial charge on any atom is -0.0176 e. The van der Waals surface area contributed by atoms with E-state index in [2.05, 4.69) is 6.92 Å². The lowest BCUT2D eigenvalue weighted by molar-refractivity contribution is 0.553. The van der Waals surface area contributed by atoms with E-state index in [9.17, 15) is 0 Å². The van der Waals surface area contributed by atoms with Crippen LogP contribution in [0.1, 0.15) is 32.6 Å². The van der Waals surface area contributed by atoms with Gasteiger partial charge in [-0.25, -0.2) is 0 Å². The van der Waals surface area contributed by atoms with Crippen molar-refractivity contribution in [3.05, 3.63) is 5.92 Å². The summed E-state index contributed by atoms with van der Waals surface area (Å²) in [5, 5.41) is 0. The molecule has 2 rings (SSSR count). The van der Waals surface area contributed by atoms with Crippen LogP contribution in [0.5, 0.6) is 0 Å². The fourth-order valence-corrected chi connectivity index (χ4v) is 2.07. The Hall–Kier alpha value is 0. The van der Waals surface area contributed by atoms with Gasteiger partial charge >= 0.3 is 0 Å². The maximum atomic E-state index is 2.32. The van der Waals surface area contributed by atoms with Gasteiger partial charge < -0.3 is 0 Å². The zero-order chi connectivity index (χ0) is 5.56. The van der Waals surface area contributed by atoms with Crippen molar-refractivity contribution in [3.8, 4) is 0 Å². The van der Waals surface area contributed by atoms with E-state index < -0.39 is 0 Å². The van der Waals surface area contributed by atoms with E-state index in [-0.39, 0.29) is 0 Å². The Bertz CT molecular complexity index is 96.2. The Morgan fingerprint density at radius 1 is 1.50 bits per heavy atom. The van der Waals surface area contributed by atoms with Crippen molar-refractivity contribution in [1.82, 2.24) is 0 Å². The molecule has 0 amide bonds. The Balaban J connectivity index is 1.97. The van der Waals surface area contributed by atoms with E-state index in [1.54, 1.807) is 0 Å². The minimum atomic E-state index is 1.06. The zero-order valence-corrected chi connectivity index (χ0v) is 5.48. The van der Waals surface area contributed by atoms with Crippen molar-refractivity contribution in [2.24, 2.45) is 11.8 Å². The normalized spacial score (nSPS) is 44.6. The molecule has 0 spiro atoms. The van der Waals surface area contributed by atoms with Gasteiger partial charge in [0, 0.05) is 0 Å². The molecule has 45 valence electrons. The molecule has 2 fully saturated rings. The molecule has 2 atom stereocenters. The van der Waals surface area contributed by atoms with Gasteiger partial charge in [-0.2, -0.15) is 0 Å². The topological polar surface area (TPSA) is 0 Å². The summed E-state index contributed by atoms with van der Waals surface area (Å²) in [6.07, 6.45) is 5.94. The van der Waals surface area contributed by atoms with Gasteiger partial charge in [-0.3, -0.25) is 0 Å². The van der Waals surface area contributed by atoms with Crippen molar-refractivity contribution in [1.29, 1.82) is 0 Å². The van der Waals surface area contributed by atoms with Crippen LogP contribution < -0.4 is 0 Å². The van der Waals surface area contributed by atoms with Gasteiger partial charge in [0.15, 0.2) is 0 Å². The van der Waals surface area contributed by atoms with Gasteiger partial charge in [0.25, 0.3) is 0 Å². The van der Waals surface area contributed by atoms with E-state index >= 15 is 0 Å². The highest BCUT2D eigenvalue weighted by molar-refractivity contribution is 5.21. The molecule has 0 heteroatoms. The Morgan fingerprint density at radius 2 is 2.38 bits per heavy atom. The zero-order valence-electron chi connectivity index (χ0n) is 5.48.